The van der Waals surface area contributed by atoms with Crippen LogP contribution < -0.4 is 5.43 Å². The van der Waals surface area contributed by atoms with E-state index in [9.17, 15) is 5.11 Å². The van der Waals surface area contributed by atoms with E-state index in [1.165, 1.54) is 25.7 Å². The molecule has 2 N–H and O–H groups in total. The molecule has 3 rings (SSSR count). The number of phenolic OH excluding ortho intramolecular Hbond substituents is 1. The van der Waals surface area contributed by atoms with Crippen LogP contribution in [0.3, 0.4) is 0 Å². The van der Waals surface area contributed by atoms with E-state index in [0.29, 0.717) is 5.82 Å². The average molecular weight is 362 g/mol. The lowest BCUT2D eigenvalue weighted by atomic mass is 10.0. The molecule has 5 heteroatoms. The summed E-state index contributed by atoms with van der Waals surface area (Å²) in [7, 11) is 0. The number of benzene rings is 2. The molecule has 0 aliphatic heterocycles. The van der Waals surface area contributed by atoms with Crippen molar-refractivity contribution < 1.29 is 5.11 Å². The van der Waals surface area contributed by atoms with Crippen LogP contribution in [-0.4, -0.2) is 21.0 Å². The molecule has 1 aromatic heterocycles. The van der Waals surface area contributed by atoms with Crippen molar-refractivity contribution in [3.8, 4) is 5.75 Å². The molecule has 0 aliphatic rings. The molecule has 0 radical (unpaired) electrons. The number of hydrogen-bond donors (Lipinski definition) is 2. The van der Waals surface area contributed by atoms with Gasteiger partial charge in [0.2, 0.25) is 0 Å². The van der Waals surface area contributed by atoms with Gasteiger partial charge in [0.15, 0.2) is 5.82 Å². The number of anilines is 1. The van der Waals surface area contributed by atoms with Gasteiger partial charge in [-0.25, -0.2) is 0 Å². The Balaban J connectivity index is 1.79. The van der Waals surface area contributed by atoms with Gasteiger partial charge in [0.1, 0.15) is 5.75 Å². The van der Waals surface area contributed by atoms with Crippen molar-refractivity contribution in [2.24, 2.45) is 5.10 Å². The van der Waals surface area contributed by atoms with Gasteiger partial charge in [-0.3, -0.25) is 5.43 Å². The molecule has 0 fully saturated rings. The third kappa shape index (κ3) is 5.26. The summed E-state index contributed by atoms with van der Waals surface area (Å²) in [5.41, 5.74) is 5.07. The van der Waals surface area contributed by atoms with Crippen LogP contribution in [0.25, 0.3) is 10.8 Å². The summed E-state index contributed by atoms with van der Waals surface area (Å²) >= 11 is 0. The number of unbranched alkanes of at least 4 members (excludes halogenated alkanes) is 4. The third-order valence-electron chi connectivity index (χ3n) is 4.58. The molecule has 1 heterocycles. The Bertz CT molecular complexity index is 885. The molecule has 0 aliphatic carbocycles. The predicted octanol–water partition coefficient (Wildman–Crippen LogP) is 5.51. The Morgan fingerprint density at radius 1 is 1.00 bits per heavy atom. The first-order valence-corrected chi connectivity index (χ1v) is 9.60. The number of phenols is 1. The van der Waals surface area contributed by atoms with Gasteiger partial charge in [-0.2, -0.15) is 10.2 Å². The molecule has 3 aromatic rings. The van der Waals surface area contributed by atoms with Crippen molar-refractivity contribution >= 4 is 22.3 Å². The van der Waals surface area contributed by atoms with Gasteiger partial charge < -0.3 is 5.11 Å². The number of aromatic hydroxyl groups is 1. The maximum absolute atomic E-state index is 9.56. The summed E-state index contributed by atoms with van der Waals surface area (Å²) in [6.45, 7) is 2.22. The van der Waals surface area contributed by atoms with E-state index in [1.807, 2.05) is 36.4 Å². The maximum atomic E-state index is 9.56. The summed E-state index contributed by atoms with van der Waals surface area (Å²) in [6.07, 6.45) is 8.66. The zero-order valence-corrected chi connectivity index (χ0v) is 15.7. The third-order valence-corrected chi connectivity index (χ3v) is 4.58. The van der Waals surface area contributed by atoms with Crippen LogP contribution in [-0.2, 0) is 0 Å². The minimum atomic E-state index is 0.258. The van der Waals surface area contributed by atoms with Gasteiger partial charge in [0.05, 0.1) is 11.9 Å². The molecule has 0 saturated heterocycles. The van der Waals surface area contributed by atoms with E-state index in [-0.39, 0.29) is 5.75 Å². The highest BCUT2D eigenvalue weighted by atomic mass is 16.3. The van der Waals surface area contributed by atoms with Crippen LogP contribution in [0.1, 0.15) is 51.0 Å². The number of rotatable bonds is 9. The van der Waals surface area contributed by atoms with Gasteiger partial charge >= 0.3 is 0 Å². The van der Waals surface area contributed by atoms with Gasteiger partial charge in [-0.1, -0.05) is 56.9 Å². The lowest BCUT2D eigenvalue weighted by molar-refractivity contribution is 0.475. The number of hydrogen-bond acceptors (Lipinski definition) is 5. The highest BCUT2D eigenvalue weighted by molar-refractivity contribution is 6.01. The fourth-order valence-corrected chi connectivity index (χ4v) is 3.05. The Morgan fingerprint density at radius 3 is 2.59 bits per heavy atom. The van der Waals surface area contributed by atoms with Crippen molar-refractivity contribution in [2.45, 2.75) is 45.4 Å². The van der Waals surface area contributed by atoms with E-state index in [2.05, 4.69) is 27.6 Å². The van der Waals surface area contributed by atoms with Gasteiger partial charge in [0.25, 0.3) is 0 Å². The van der Waals surface area contributed by atoms with Crippen LogP contribution in [0, 0.1) is 0 Å². The van der Waals surface area contributed by atoms with Gasteiger partial charge in [-0.05, 0) is 42.7 Å². The maximum Gasteiger partial charge on any atom is 0.176 e. The van der Waals surface area contributed by atoms with Crippen molar-refractivity contribution in [1.29, 1.82) is 0 Å². The summed E-state index contributed by atoms with van der Waals surface area (Å²) in [5.74, 6) is 0.907. The van der Waals surface area contributed by atoms with Crippen LogP contribution in [0.15, 0.2) is 59.8 Å². The fraction of sp³-hybridized carbons (Fsp3) is 0.318. The SMILES string of the molecule is CCCCCCC/C(=N\Nc1nncc2ccccc12)c1ccc(O)cc1. The Hall–Kier alpha value is -2.95. The van der Waals surface area contributed by atoms with E-state index >= 15 is 0 Å². The second-order valence-corrected chi connectivity index (χ2v) is 6.66. The molecule has 0 amide bonds. The second kappa shape index (κ2) is 9.67. The lowest BCUT2D eigenvalue weighted by Crippen LogP contribution is -2.06. The first-order valence-electron chi connectivity index (χ1n) is 9.60. The quantitative estimate of drug-likeness (QED) is 0.299. The number of aromatic nitrogens is 2. The van der Waals surface area contributed by atoms with E-state index in [1.54, 1.807) is 18.3 Å². The first-order chi connectivity index (χ1) is 13.3. The summed E-state index contributed by atoms with van der Waals surface area (Å²) in [5, 5.41) is 24.5. The predicted molar refractivity (Wildman–Crippen MR) is 111 cm³/mol. The van der Waals surface area contributed by atoms with E-state index < -0.39 is 0 Å². The molecule has 0 saturated carbocycles. The van der Waals surface area contributed by atoms with Crippen LogP contribution >= 0.6 is 0 Å². The number of nitrogens with one attached hydrogen (secondary N) is 1. The molecular formula is C22H26N4O. The van der Waals surface area contributed by atoms with Gasteiger partial charge in [-0.15, -0.1) is 5.10 Å². The molecule has 27 heavy (non-hydrogen) atoms. The monoisotopic (exact) mass is 362 g/mol. The molecule has 0 unspecified atom stereocenters. The molecular weight excluding hydrogens is 336 g/mol. The molecule has 0 bridgehead atoms. The minimum absolute atomic E-state index is 0.258. The van der Waals surface area contributed by atoms with Crippen LogP contribution in [0.5, 0.6) is 5.75 Å². The smallest absolute Gasteiger partial charge is 0.176 e. The first kappa shape index (κ1) is 18.8. The second-order valence-electron chi connectivity index (χ2n) is 6.66. The normalized spacial score (nSPS) is 11.7. The van der Waals surface area contributed by atoms with E-state index in [4.69, 9.17) is 0 Å². The minimum Gasteiger partial charge on any atom is -0.508 e. The zero-order chi connectivity index (χ0) is 18.9. The Morgan fingerprint density at radius 2 is 1.78 bits per heavy atom. The largest absolute Gasteiger partial charge is 0.508 e. The standard InChI is InChI=1S/C22H26N4O/c1-2-3-4-5-6-11-21(17-12-14-19(27)15-13-17)24-26-22-20-10-8-7-9-18(20)16-23-25-22/h7-10,12-16,27H,2-6,11H2,1H3,(H,25,26)/b24-21+. The van der Waals surface area contributed by atoms with Crippen molar-refractivity contribution in [2.75, 3.05) is 5.43 Å². The molecule has 0 spiro atoms. The summed E-state index contributed by atoms with van der Waals surface area (Å²) in [4.78, 5) is 0. The Kier molecular flexibility index (Phi) is 6.74. The number of fused-ring (bicyclic) bond motifs is 1. The van der Waals surface area contributed by atoms with Crippen LogP contribution in [0.2, 0.25) is 0 Å². The van der Waals surface area contributed by atoms with E-state index in [0.717, 1.165) is 34.9 Å². The summed E-state index contributed by atoms with van der Waals surface area (Å²) < 4.78 is 0. The average Bonchev–Trinajstić information content (AvgIpc) is 2.71. The molecule has 5 nitrogen and oxygen atoms in total. The summed E-state index contributed by atoms with van der Waals surface area (Å²) in [6, 6.07) is 15.2. The van der Waals surface area contributed by atoms with Crippen molar-refractivity contribution in [3.05, 3.63) is 60.3 Å². The molecule has 0 atom stereocenters. The number of hydrazone groups is 1. The highest BCUT2D eigenvalue weighted by Gasteiger charge is 2.07. The van der Waals surface area contributed by atoms with Gasteiger partial charge in [0, 0.05) is 10.8 Å². The van der Waals surface area contributed by atoms with Crippen LogP contribution in [0.4, 0.5) is 5.82 Å². The highest BCUT2D eigenvalue weighted by Crippen LogP contribution is 2.20. The molecule has 140 valence electrons. The lowest BCUT2D eigenvalue weighted by Gasteiger charge is -2.09. The van der Waals surface area contributed by atoms with Crippen molar-refractivity contribution in [1.82, 2.24) is 10.2 Å². The Labute approximate surface area is 160 Å². The topological polar surface area (TPSA) is 70.4 Å². The molecule has 2 aromatic carbocycles. The fourth-order valence-electron chi connectivity index (χ4n) is 3.05. The zero-order valence-electron chi connectivity index (χ0n) is 15.7. The number of nitrogens with zero attached hydrogens (tertiary/aromatic N) is 3. The van der Waals surface area contributed by atoms with Crippen molar-refractivity contribution in [3.63, 3.8) is 0 Å².